The molecule has 15 heavy (non-hydrogen) atoms. The minimum Gasteiger partial charge on any atom is -0.314 e. The van der Waals surface area contributed by atoms with Crippen molar-refractivity contribution in [1.82, 2.24) is 5.32 Å². The van der Waals surface area contributed by atoms with E-state index in [1.54, 1.807) is 0 Å². The highest BCUT2D eigenvalue weighted by Crippen LogP contribution is 2.28. The van der Waals surface area contributed by atoms with Crippen molar-refractivity contribution in [3.8, 4) is 0 Å². The lowest BCUT2D eigenvalue weighted by Crippen LogP contribution is -2.33. The fourth-order valence-corrected chi connectivity index (χ4v) is 4.12. The third kappa shape index (κ3) is 3.67. The fraction of sp³-hybridized carbons (Fsp3) is 1.00. The van der Waals surface area contributed by atoms with E-state index in [1.807, 2.05) is 0 Å². The van der Waals surface area contributed by atoms with Crippen LogP contribution >= 0.6 is 11.8 Å². The van der Waals surface area contributed by atoms with Crippen LogP contribution < -0.4 is 5.32 Å². The largest absolute Gasteiger partial charge is 0.314 e. The molecule has 0 spiro atoms. The molecule has 2 rings (SSSR count). The summed E-state index contributed by atoms with van der Waals surface area (Å²) in [5.41, 5.74) is 0. The van der Waals surface area contributed by atoms with Crippen molar-refractivity contribution < 1.29 is 0 Å². The van der Waals surface area contributed by atoms with E-state index in [4.69, 9.17) is 0 Å². The van der Waals surface area contributed by atoms with E-state index in [0.29, 0.717) is 0 Å². The minimum atomic E-state index is 0.851. The van der Waals surface area contributed by atoms with Gasteiger partial charge < -0.3 is 5.32 Å². The molecule has 88 valence electrons. The zero-order valence-electron chi connectivity index (χ0n) is 10.0. The number of hydrogen-bond donors (Lipinski definition) is 1. The molecule has 1 aliphatic carbocycles. The lowest BCUT2D eigenvalue weighted by atomic mass is 10.0. The molecule has 2 atom stereocenters. The molecule has 1 saturated heterocycles. The summed E-state index contributed by atoms with van der Waals surface area (Å²) >= 11 is 2.13. The molecule has 0 bridgehead atoms. The van der Waals surface area contributed by atoms with Crippen molar-refractivity contribution >= 4 is 11.8 Å². The molecule has 1 saturated carbocycles. The van der Waals surface area contributed by atoms with Crippen molar-refractivity contribution in [2.45, 2.75) is 51.5 Å². The molecule has 1 heterocycles. The lowest BCUT2D eigenvalue weighted by molar-refractivity contribution is 0.399. The van der Waals surface area contributed by atoms with E-state index in [0.717, 1.165) is 17.9 Å². The second-order valence-electron chi connectivity index (χ2n) is 5.25. The predicted molar refractivity (Wildman–Crippen MR) is 69.5 cm³/mol. The average Bonchev–Trinajstić information content (AvgIpc) is 2.76. The van der Waals surface area contributed by atoms with Crippen LogP contribution in [0.15, 0.2) is 0 Å². The summed E-state index contributed by atoms with van der Waals surface area (Å²) in [5.74, 6) is 4.79. The van der Waals surface area contributed by atoms with Gasteiger partial charge in [-0.3, -0.25) is 0 Å². The van der Waals surface area contributed by atoms with Crippen LogP contribution in [0, 0.1) is 11.8 Å². The van der Waals surface area contributed by atoms with Crippen LogP contribution in [0.5, 0.6) is 0 Å². The van der Waals surface area contributed by atoms with Gasteiger partial charge >= 0.3 is 0 Å². The Balaban J connectivity index is 1.61. The predicted octanol–water partition coefficient (Wildman–Crippen LogP) is 3.30. The molecule has 2 heteroatoms. The first-order valence-corrected chi connectivity index (χ1v) is 7.85. The van der Waals surface area contributed by atoms with Gasteiger partial charge in [0.25, 0.3) is 0 Å². The third-order valence-corrected chi connectivity index (χ3v) is 5.20. The van der Waals surface area contributed by atoms with Gasteiger partial charge in [-0.1, -0.05) is 13.3 Å². The Hall–Kier alpha value is 0.310. The van der Waals surface area contributed by atoms with Crippen molar-refractivity contribution in [3.05, 3.63) is 0 Å². The molecular formula is C13H25NS. The Labute approximate surface area is 98.8 Å². The highest BCUT2D eigenvalue weighted by molar-refractivity contribution is 7.99. The van der Waals surface area contributed by atoms with Crippen LogP contribution in [0.3, 0.4) is 0 Å². The van der Waals surface area contributed by atoms with E-state index in [-0.39, 0.29) is 0 Å². The molecular weight excluding hydrogens is 202 g/mol. The molecule has 0 aromatic carbocycles. The van der Waals surface area contributed by atoms with Gasteiger partial charge in [0.15, 0.2) is 0 Å². The van der Waals surface area contributed by atoms with Crippen LogP contribution in [0.2, 0.25) is 0 Å². The highest BCUT2D eigenvalue weighted by atomic mass is 32.2. The van der Waals surface area contributed by atoms with Crippen molar-refractivity contribution in [1.29, 1.82) is 0 Å². The monoisotopic (exact) mass is 227 g/mol. The summed E-state index contributed by atoms with van der Waals surface area (Å²) in [6.45, 7) is 3.63. The SMILES string of the molecule is CCC1CCC(NCC2CCSCC2)C1. The van der Waals surface area contributed by atoms with Crippen molar-refractivity contribution in [3.63, 3.8) is 0 Å². The van der Waals surface area contributed by atoms with Gasteiger partial charge in [0.05, 0.1) is 0 Å². The number of nitrogens with one attached hydrogen (secondary N) is 1. The zero-order chi connectivity index (χ0) is 10.5. The van der Waals surface area contributed by atoms with E-state index in [1.165, 1.54) is 56.6 Å². The first kappa shape index (κ1) is 11.8. The Morgan fingerprint density at radius 2 is 1.87 bits per heavy atom. The minimum absolute atomic E-state index is 0.851. The highest BCUT2D eigenvalue weighted by Gasteiger charge is 2.23. The number of thioether (sulfide) groups is 1. The van der Waals surface area contributed by atoms with Crippen LogP contribution in [-0.2, 0) is 0 Å². The normalized spacial score (nSPS) is 33.4. The molecule has 0 aromatic heterocycles. The summed E-state index contributed by atoms with van der Waals surface area (Å²) in [6, 6.07) is 0.851. The second-order valence-corrected chi connectivity index (χ2v) is 6.47. The van der Waals surface area contributed by atoms with Crippen LogP contribution in [0.1, 0.15) is 45.4 Å². The maximum Gasteiger partial charge on any atom is 0.00699 e. The summed E-state index contributed by atoms with van der Waals surface area (Å²) in [5, 5.41) is 3.81. The number of rotatable bonds is 4. The van der Waals surface area contributed by atoms with E-state index in [9.17, 15) is 0 Å². The topological polar surface area (TPSA) is 12.0 Å². The van der Waals surface area contributed by atoms with Crippen LogP contribution in [0.4, 0.5) is 0 Å². The summed E-state index contributed by atoms with van der Waals surface area (Å²) in [7, 11) is 0. The van der Waals surface area contributed by atoms with Gasteiger partial charge in [-0.2, -0.15) is 11.8 Å². The van der Waals surface area contributed by atoms with Gasteiger partial charge in [-0.15, -0.1) is 0 Å². The fourth-order valence-electron chi connectivity index (χ4n) is 2.92. The molecule has 2 fully saturated rings. The van der Waals surface area contributed by atoms with Gasteiger partial charge in [0, 0.05) is 6.04 Å². The maximum absolute atomic E-state index is 3.81. The van der Waals surface area contributed by atoms with Crippen LogP contribution in [-0.4, -0.2) is 24.1 Å². The molecule has 2 unspecified atom stereocenters. The van der Waals surface area contributed by atoms with E-state index >= 15 is 0 Å². The van der Waals surface area contributed by atoms with Gasteiger partial charge in [0.2, 0.25) is 0 Å². The zero-order valence-corrected chi connectivity index (χ0v) is 10.8. The molecule has 1 aliphatic heterocycles. The standard InChI is InChI=1S/C13H25NS/c1-2-11-3-4-13(9-11)14-10-12-5-7-15-8-6-12/h11-14H,2-10H2,1H3. The average molecular weight is 227 g/mol. The smallest absolute Gasteiger partial charge is 0.00699 e. The molecule has 0 amide bonds. The maximum atomic E-state index is 3.81. The molecule has 1 nitrogen and oxygen atoms in total. The van der Waals surface area contributed by atoms with Crippen molar-refractivity contribution in [2.75, 3.05) is 18.1 Å². The van der Waals surface area contributed by atoms with E-state index in [2.05, 4.69) is 24.0 Å². The van der Waals surface area contributed by atoms with Crippen molar-refractivity contribution in [2.24, 2.45) is 11.8 Å². The Kier molecular flexibility index (Phi) is 4.83. The molecule has 0 radical (unpaired) electrons. The Bertz CT molecular complexity index is 177. The summed E-state index contributed by atoms with van der Waals surface area (Å²) in [6.07, 6.45) is 8.62. The quantitative estimate of drug-likeness (QED) is 0.791. The first-order valence-electron chi connectivity index (χ1n) is 6.69. The Morgan fingerprint density at radius 3 is 2.53 bits per heavy atom. The summed E-state index contributed by atoms with van der Waals surface area (Å²) < 4.78 is 0. The Morgan fingerprint density at radius 1 is 1.07 bits per heavy atom. The van der Waals surface area contributed by atoms with Crippen LogP contribution in [0.25, 0.3) is 0 Å². The first-order chi connectivity index (χ1) is 7.38. The second kappa shape index (κ2) is 6.15. The molecule has 2 aliphatic rings. The third-order valence-electron chi connectivity index (χ3n) is 4.15. The number of hydrogen-bond acceptors (Lipinski definition) is 2. The van der Waals surface area contributed by atoms with E-state index < -0.39 is 0 Å². The van der Waals surface area contributed by atoms with Gasteiger partial charge in [-0.25, -0.2) is 0 Å². The molecule has 1 N–H and O–H groups in total. The molecule has 0 aromatic rings. The lowest BCUT2D eigenvalue weighted by Gasteiger charge is -2.23. The van der Waals surface area contributed by atoms with Gasteiger partial charge in [0.1, 0.15) is 0 Å². The van der Waals surface area contributed by atoms with Gasteiger partial charge in [-0.05, 0) is 62.0 Å². The summed E-state index contributed by atoms with van der Waals surface area (Å²) in [4.78, 5) is 0.